The molecule has 1 aliphatic rings. The van der Waals surface area contributed by atoms with Crippen LogP contribution in [-0.4, -0.2) is 10.9 Å². The highest BCUT2D eigenvalue weighted by Gasteiger charge is 2.28. The molecule has 0 saturated heterocycles. The highest BCUT2D eigenvalue weighted by molar-refractivity contribution is 6.30. The molecule has 0 amide bonds. The van der Waals surface area contributed by atoms with Gasteiger partial charge in [0, 0.05) is 28.1 Å². The summed E-state index contributed by atoms with van der Waals surface area (Å²) >= 11 is 0. The van der Waals surface area contributed by atoms with Gasteiger partial charge in [-0.3, -0.25) is 4.79 Å². The predicted molar refractivity (Wildman–Crippen MR) is 93.4 cm³/mol. The van der Waals surface area contributed by atoms with Crippen molar-refractivity contribution in [1.82, 2.24) is 0 Å². The van der Waals surface area contributed by atoms with E-state index >= 15 is 0 Å². The summed E-state index contributed by atoms with van der Waals surface area (Å²) < 4.78 is 0. The van der Waals surface area contributed by atoms with E-state index in [9.17, 15) is 9.90 Å². The number of benzene rings is 4. The molecule has 1 aliphatic carbocycles. The van der Waals surface area contributed by atoms with Crippen LogP contribution in [0.15, 0.2) is 48.5 Å². The second-order valence-electron chi connectivity index (χ2n) is 6.32. The lowest BCUT2D eigenvalue weighted by atomic mass is 9.92. The fourth-order valence-electron chi connectivity index (χ4n) is 4.01. The largest absolute Gasteiger partial charge is 0.507 e. The molecular weight excluding hydrogens is 284 g/mol. The molecule has 0 fully saturated rings. The Morgan fingerprint density at radius 2 is 1.65 bits per heavy atom. The van der Waals surface area contributed by atoms with E-state index in [0.717, 1.165) is 49.0 Å². The van der Waals surface area contributed by atoms with Crippen LogP contribution < -0.4 is 0 Å². The summed E-state index contributed by atoms with van der Waals surface area (Å²) in [6, 6.07) is 15.9. The molecule has 2 heteroatoms. The molecule has 0 bridgehead atoms. The van der Waals surface area contributed by atoms with E-state index in [1.54, 1.807) is 0 Å². The number of carbonyl (C=O) groups excluding carboxylic acids is 1. The number of aromatic hydroxyl groups is 1. The number of fused-ring (bicyclic) bond motifs is 4. The number of ketones is 1. The van der Waals surface area contributed by atoms with E-state index in [2.05, 4.69) is 0 Å². The van der Waals surface area contributed by atoms with Gasteiger partial charge in [-0.1, -0.05) is 48.5 Å². The molecule has 0 heterocycles. The molecule has 0 radical (unpaired) electrons. The van der Waals surface area contributed by atoms with Gasteiger partial charge in [0.1, 0.15) is 5.75 Å². The van der Waals surface area contributed by atoms with E-state index in [-0.39, 0.29) is 11.5 Å². The Balaban J connectivity index is 2.16. The van der Waals surface area contributed by atoms with Crippen LogP contribution in [0.1, 0.15) is 21.5 Å². The maximum atomic E-state index is 12.7. The Hall–Kier alpha value is -2.87. The Kier molecular flexibility index (Phi) is 2.26. The molecule has 4 aromatic rings. The zero-order chi connectivity index (χ0) is 15.7. The number of aryl methyl sites for hydroxylation is 1. The number of phenolic OH excluding ortho intramolecular Hbond substituents is 1. The third-order valence-electron chi connectivity index (χ3n) is 5.10. The zero-order valence-electron chi connectivity index (χ0n) is 12.7. The van der Waals surface area contributed by atoms with Crippen LogP contribution in [0.25, 0.3) is 32.3 Å². The third-order valence-corrected chi connectivity index (χ3v) is 5.10. The molecule has 1 N–H and O–H groups in total. The van der Waals surface area contributed by atoms with Crippen LogP contribution >= 0.6 is 0 Å². The number of Topliss-reactive ketones (excluding diaryl/α,β-unsaturated/α-hetero) is 1. The Bertz CT molecular complexity index is 1170. The maximum absolute atomic E-state index is 12.7. The zero-order valence-corrected chi connectivity index (χ0v) is 12.7. The van der Waals surface area contributed by atoms with Crippen molar-refractivity contribution in [2.75, 3.05) is 0 Å². The second kappa shape index (κ2) is 4.11. The van der Waals surface area contributed by atoms with Gasteiger partial charge in [0.05, 0.1) is 0 Å². The first-order valence-electron chi connectivity index (χ1n) is 7.78. The van der Waals surface area contributed by atoms with Crippen LogP contribution in [-0.2, 0) is 6.42 Å². The summed E-state index contributed by atoms with van der Waals surface area (Å²) in [6.45, 7) is 2.03. The maximum Gasteiger partial charge on any atom is 0.168 e. The molecule has 110 valence electrons. The molecule has 23 heavy (non-hydrogen) atoms. The number of phenols is 1. The molecule has 5 rings (SSSR count). The highest BCUT2D eigenvalue weighted by Crippen LogP contribution is 2.45. The van der Waals surface area contributed by atoms with Gasteiger partial charge in [0.25, 0.3) is 0 Å². The minimum atomic E-state index is 0.152. The molecule has 0 aliphatic heterocycles. The highest BCUT2D eigenvalue weighted by atomic mass is 16.3. The monoisotopic (exact) mass is 298 g/mol. The Morgan fingerprint density at radius 3 is 2.52 bits per heavy atom. The molecule has 4 aromatic carbocycles. The third kappa shape index (κ3) is 1.45. The molecule has 2 nitrogen and oxygen atoms in total. The topological polar surface area (TPSA) is 37.3 Å². The summed E-state index contributed by atoms with van der Waals surface area (Å²) in [7, 11) is 0. The first-order valence-corrected chi connectivity index (χ1v) is 7.78. The summed E-state index contributed by atoms with van der Waals surface area (Å²) in [6.07, 6.45) is 0.434. The second-order valence-corrected chi connectivity index (χ2v) is 6.32. The van der Waals surface area contributed by atoms with Gasteiger partial charge >= 0.3 is 0 Å². The lowest BCUT2D eigenvalue weighted by Crippen LogP contribution is -1.96. The van der Waals surface area contributed by atoms with Crippen molar-refractivity contribution < 1.29 is 9.90 Å². The Labute approximate surface area is 133 Å². The lowest BCUT2D eigenvalue weighted by Gasteiger charge is -2.12. The van der Waals surface area contributed by atoms with Crippen molar-refractivity contribution in [1.29, 1.82) is 0 Å². The number of hydrogen-bond acceptors (Lipinski definition) is 2. The van der Waals surface area contributed by atoms with Crippen LogP contribution in [0, 0.1) is 6.92 Å². The van der Waals surface area contributed by atoms with Crippen LogP contribution in [0.2, 0.25) is 0 Å². The van der Waals surface area contributed by atoms with Gasteiger partial charge in [-0.2, -0.15) is 0 Å². The van der Waals surface area contributed by atoms with Gasteiger partial charge in [-0.15, -0.1) is 0 Å². The smallest absolute Gasteiger partial charge is 0.168 e. The van der Waals surface area contributed by atoms with Gasteiger partial charge in [0.15, 0.2) is 5.78 Å². The fourth-order valence-corrected chi connectivity index (χ4v) is 4.01. The molecular formula is C21H14O2. The number of hydrogen-bond donors (Lipinski definition) is 1. The summed E-state index contributed by atoms with van der Waals surface area (Å²) in [5.41, 5.74) is 2.95. The SMILES string of the molecule is Cc1ccc2c(O)c3c(ccc4ccccc43)c3c2c1CC3=O. The predicted octanol–water partition coefficient (Wildman–Crippen LogP) is 4.90. The minimum Gasteiger partial charge on any atom is -0.507 e. The average Bonchev–Trinajstić information content (AvgIpc) is 2.91. The van der Waals surface area contributed by atoms with Crippen LogP contribution in [0.5, 0.6) is 5.75 Å². The van der Waals surface area contributed by atoms with E-state index in [4.69, 9.17) is 0 Å². The fraction of sp³-hybridized carbons (Fsp3) is 0.0952. The van der Waals surface area contributed by atoms with Crippen LogP contribution in [0.3, 0.4) is 0 Å². The van der Waals surface area contributed by atoms with Crippen molar-refractivity contribution in [2.24, 2.45) is 0 Å². The first-order chi connectivity index (χ1) is 11.2. The van der Waals surface area contributed by atoms with E-state index in [1.165, 1.54) is 0 Å². The summed E-state index contributed by atoms with van der Waals surface area (Å²) in [4.78, 5) is 12.7. The summed E-state index contributed by atoms with van der Waals surface area (Å²) in [5, 5.41) is 16.4. The molecule has 0 saturated carbocycles. The van der Waals surface area contributed by atoms with Gasteiger partial charge in [0.2, 0.25) is 0 Å². The normalized spacial score (nSPS) is 13.5. The van der Waals surface area contributed by atoms with Crippen molar-refractivity contribution in [3.63, 3.8) is 0 Å². The van der Waals surface area contributed by atoms with Crippen molar-refractivity contribution in [2.45, 2.75) is 13.3 Å². The Morgan fingerprint density at radius 1 is 0.870 bits per heavy atom. The van der Waals surface area contributed by atoms with Gasteiger partial charge in [-0.05, 0) is 34.2 Å². The van der Waals surface area contributed by atoms with Crippen molar-refractivity contribution in [3.8, 4) is 5.75 Å². The molecule has 0 aromatic heterocycles. The standard InChI is InChI=1S/C21H14O2/c1-11-6-8-15-18-16(11)10-17(22)20(18)14-9-7-12-4-2-3-5-13(12)19(14)21(15)23/h2-9,23H,10H2,1H3. The molecule has 0 unspecified atom stereocenters. The molecule has 0 atom stereocenters. The van der Waals surface area contributed by atoms with Crippen LogP contribution in [0.4, 0.5) is 0 Å². The minimum absolute atomic E-state index is 0.152. The van der Waals surface area contributed by atoms with E-state index in [1.807, 2.05) is 55.5 Å². The lowest BCUT2D eigenvalue weighted by molar-refractivity contribution is 0.100. The van der Waals surface area contributed by atoms with Crippen molar-refractivity contribution >= 4 is 38.1 Å². The number of carbonyl (C=O) groups is 1. The molecule has 0 spiro atoms. The van der Waals surface area contributed by atoms with Gasteiger partial charge < -0.3 is 5.11 Å². The van der Waals surface area contributed by atoms with E-state index in [0.29, 0.717) is 6.42 Å². The van der Waals surface area contributed by atoms with E-state index < -0.39 is 0 Å². The summed E-state index contributed by atoms with van der Waals surface area (Å²) in [5.74, 6) is 0.436. The number of rotatable bonds is 0. The van der Waals surface area contributed by atoms with Crippen molar-refractivity contribution in [3.05, 3.63) is 65.2 Å². The quantitative estimate of drug-likeness (QED) is 0.370. The first kappa shape index (κ1) is 12.7. The average molecular weight is 298 g/mol. The van der Waals surface area contributed by atoms with Gasteiger partial charge in [-0.25, -0.2) is 0 Å².